The maximum absolute atomic E-state index is 11.6. The number of pyridine rings is 1. The molecule has 0 radical (unpaired) electrons. The molecule has 0 amide bonds. The van der Waals surface area contributed by atoms with E-state index in [-0.39, 0.29) is 5.56 Å². The number of aromatic nitrogens is 1. The van der Waals surface area contributed by atoms with Crippen LogP contribution in [0.25, 0.3) is 11.1 Å². The van der Waals surface area contributed by atoms with Gasteiger partial charge in [-0.1, -0.05) is 41.4 Å². The Hall–Kier alpha value is -1.54. The van der Waals surface area contributed by atoms with Gasteiger partial charge in [-0.3, -0.25) is 4.79 Å². The number of halogens is 1. The van der Waals surface area contributed by atoms with Crippen LogP contribution in [-0.4, -0.2) is 4.57 Å². The monoisotopic (exact) mass is 233 g/mol. The summed E-state index contributed by atoms with van der Waals surface area (Å²) in [4.78, 5) is 11.6. The van der Waals surface area contributed by atoms with E-state index in [1.54, 1.807) is 19.2 Å². The molecule has 0 spiro atoms. The Labute approximate surface area is 99.1 Å². The Kier molecular flexibility index (Phi) is 2.84. The molecule has 0 unspecified atom stereocenters. The predicted octanol–water partition coefficient (Wildman–Crippen LogP) is 3.01. The summed E-state index contributed by atoms with van der Waals surface area (Å²) in [5.74, 6) is 0. The zero-order valence-electron chi connectivity index (χ0n) is 9.20. The van der Waals surface area contributed by atoms with Gasteiger partial charge in [-0.05, 0) is 24.1 Å². The Morgan fingerprint density at radius 3 is 2.25 bits per heavy atom. The summed E-state index contributed by atoms with van der Waals surface area (Å²) in [6.07, 6.45) is 0. The molecule has 0 saturated carbocycles. The zero-order chi connectivity index (χ0) is 11.7. The van der Waals surface area contributed by atoms with E-state index in [2.05, 4.69) is 0 Å². The molecular formula is C13H12ClNO. The molecule has 2 nitrogen and oxygen atoms in total. The summed E-state index contributed by atoms with van der Waals surface area (Å²) >= 11 is 5.96. The number of nitrogens with zero attached hydrogens (tertiary/aromatic N) is 1. The van der Waals surface area contributed by atoms with Gasteiger partial charge < -0.3 is 4.57 Å². The number of aryl methyl sites for hydroxylation is 1. The van der Waals surface area contributed by atoms with Crippen molar-refractivity contribution in [3.05, 3.63) is 57.5 Å². The molecule has 2 rings (SSSR count). The summed E-state index contributed by atoms with van der Waals surface area (Å²) in [6.45, 7) is 2.03. The van der Waals surface area contributed by atoms with Crippen molar-refractivity contribution >= 4 is 11.6 Å². The molecule has 3 heteroatoms. The highest BCUT2D eigenvalue weighted by Crippen LogP contribution is 2.20. The van der Waals surface area contributed by atoms with Gasteiger partial charge in [0.1, 0.15) is 5.15 Å². The largest absolute Gasteiger partial charge is 0.302 e. The Morgan fingerprint density at radius 2 is 1.69 bits per heavy atom. The van der Waals surface area contributed by atoms with Gasteiger partial charge >= 0.3 is 0 Å². The minimum Gasteiger partial charge on any atom is -0.302 e. The molecule has 2 aromatic rings. The summed E-state index contributed by atoms with van der Waals surface area (Å²) in [7, 11) is 1.66. The fourth-order valence-corrected chi connectivity index (χ4v) is 1.72. The molecule has 0 atom stereocenters. The van der Waals surface area contributed by atoms with Gasteiger partial charge in [-0.15, -0.1) is 0 Å². The lowest BCUT2D eigenvalue weighted by Crippen LogP contribution is -2.15. The van der Waals surface area contributed by atoms with Crippen LogP contribution in [0, 0.1) is 6.92 Å². The molecular weight excluding hydrogens is 222 g/mol. The van der Waals surface area contributed by atoms with E-state index in [4.69, 9.17) is 11.6 Å². The third-order valence-corrected chi connectivity index (χ3v) is 2.95. The molecule has 0 fully saturated rings. The Balaban J connectivity index is 2.57. The molecule has 1 aromatic carbocycles. The number of benzene rings is 1. The highest BCUT2D eigenvalue weighted by molar-refractivity contribution is 6.29. The van der Waals surface area contributed by atoms with Crippen molar-refractivity contribution in [3.8, 4) is 11.1 Å². The van der Waals surface area contributed by atoms with E-state index in [0.717, 1.165) is 11.1 Å². The average molecular weight is 234 g/mol. The standard InChI is InChI=1S/C13H12ClNO/c1-9-3-5-10(6-4-9)11-7-12(14)15(2)13(16)8-11/h3-8H,1-2H3. The van der Waals surface area contributed by atoms with Gasteiger partial charge in [0.15, 0.2) is 0 Å². The maximum Gasteiger partial charge on any atom is 0.252 e. The summed E-state index contributed by atoms with van der Waals surface area (Å²) < 4.78 is 1.42. The molecule has 0 saturated heterocycles. The summed E-state index contributed by atoms with van der Waals surface area (Å²) in [6, 6.07) is 11.4. The van der Waals surface area contributed by atoms with E-state index >= 15 is 0 Å². The first-order valence-corrected chi connectivity index (χ1v) is 5.39. The first kappa shape index (κ1) is 11.0. The fourth-order valence-electron chi connectivity index (χ4n) is 1.51. The van der Waals surface area contributed by atoms with Crippen LogP contribution in [0.15, 0.2) is 41.2 Å². The third kappa shape index (κ3) is 2.02. The van der Waals surface area contributed by atoms with Crippen LogP contribution in [0.2, 0.25) is 5.15 Å². The highest BCUT2D eigenvalue weighted by Gasteiger charge is 2.03. The van der Waals surface area contributed by atoms with Crippen LogP contribution in [0.3, 0.4) is 0 Å². The molecule has 0 aliphatic rings. The summed E-state index contributed by atoms with van der Waals surface area (Å²) in [5, 5.41) is 0.447. The van der Waals surface area contributed by atoms with Crippen LogP contribution in [0.5, 0.6) is 0 Å². The van der Waals surface area contributed by atoms with Crippen molar-refractivity contribution in [2.45, 2.75) is 6.92 Å². The van der Waals surface area contributed by atoms with Crippen LogP contribution in [0.4, 0.5) is 0 Å². The quantitative estimate of drug-likeness (QED) is 0.694. The zero-order valence-corrected chi connectivity index (χ0v) is 9.95. The second-order valence-corrected chi connectivity index (χ2v) is 4.22. The Bertz CT molecular complexity index is 569. The molecule has 1 heterocycles. The first-order valence-electron chi connectivity index (χ1n) is 5.01. The van der Waals surface area contributed by atoms with Crippen molar-refractivity contribution < 1.29 is 0 Å². The van der Waals surface area contributed by atoms with Crippen LogP contribution in [-0.2, 0) is 7.05 Å². The highest BCUT2D eigenvalue weighted by atomic mass is 35.5. The average Bonchev–Trinajstić information content (AvgIpc) is 2.26. The molecule has 0 N–H and O–H groups in total. The van der Waals surface area contributed by atoms with Gasteiger partial charge in [0.2, 0.25) is 0 Å². The predicted molar refractivity (Wildman–Crippen MR) is 66.9 cm³/mol. The van der Waals surface area contributed by atoms with Gasteiger partial charge in [0, 0.05) is 13.1 Å². The smallest absolute Gasteiger partial charge is 0.252 e. The fraction of sp³-hybridized carbons (Fsp3) is 0.154. The second-order valence-electron chi connectivity index (χ2n) is 3.83. The molecule has 0 bridgehead atoms. The van der Waals surface area contributed by atoms with Crippen molar-refractivity contribution in [1.29, 1.82) is 0 Å². The van der Waals surface area contributed by atoms with Gasteiger partial charge in [0.05, 0.1) is 0 Å². The Morgan fingerprint density at radius 1 is 1.06 bits per heavy atom. The van der Waals surface area contributed by atoms with Crippen molar-refractivity contribution in [2.75, 3.05) is 0 Å². The van der Waals surface area contributed by atoms with Gasteiger partial charge in [-0.25, -0.2) is 0 Å². The number of hydrogen-bond donors (Lipinski definition) is 0. The van der Waals surface area contributed by atoms with Crippen molar-refractivity contribution in [2.24, 2.45) is 7.05 Å². The topological polar surface area (TPSA) is 22.0 Å². The van der Waals surface area contributed by atoms with Gasteiger partial charge in [-0.2, -0.15) is 0 Å². The molecule has 0 aliphatic carbocycles. The van der Waals surface area contributed by atoms with E-state index < -0.39 is 0 Å². The van der Waals surface area contributed by atoms with Crippen LogP contribution >= 0.6 is 11.6 Å². The van der Waals surface area contributed by atoms with E-state index in [1.807, 2.05) is 31.2 Å². The molecule has 16 heavy (non-hydrogen) atoms. The normalized spacial score (nSPS) is 10.4. The SMILES string of the molecule is Cc1ccc(-c2cc(Cl)n(C)c(=O)c2)cc1. The van der Waals surface area contributed by atoms with Crippen LogP contribution in [0.1, 0.15) is 5.56 Å². The van der Waals surface area contributed by atoms with Gasteiger partial charge in [0.25, 0.3) is 5.56 Å². The second kappa shape index (κ2) is 4.14. The lowest BCUT2D eigenvalue weighted by Gasteiger charge is -2.05. The van der Waals surface area contributed by atoms with Crippen LogP contribution < -0.4 is 5.56 Å². The first-order chi connectivity index (χ1) is 7.58. The molecule has 82 valence electrons. The maximum atomic E-state index is 11.6. The number of rotatable bonds is 1. The third-order valence-electron chi connectivity index (χ3n) is 2.59. The lowest BCUT2D eigenvalue weighted by atomic mass is 10.1. The summed E-state index contributed by atoms with van der Waals surface area (Å²) in [5.41, 5.74) is 2.96. The van der Waals surface area contributed by atoms with E-state index in [9.17, 15) is 4.79 Å². The van der Waals surface area contributed by atoms with Crippen molar-refractivity contribution in [1.82, 2.24) is 4.57 Å². The number of hydrogen-bond acceptors (Lipinski definition) is 1. The lowest BCUT2D eigenvalue weighted by molar-refractivity contribution is 0.862. The molecule has 0 aliphatic heterocycles. The minimum atomic E-state index is -0.0944. The minimum absolute atomic E-state index is 0.0944. The van der Waals surface area contributed by atoms with E-state index in [1.165, 1.54) is 10.1 Å². The van der Waals surface area contributed by atoms with E-state index in [0.29, 0.717) is 5.15 Å². The van der Waals surface area contributed by atoms with Crippen molar-refractivity contribution in [3.63, 3.8) is 0 Å². The molecule has 1 aromatic heterocycles.